The molecule has 8 rings (SSSR count). The van der Waals surface area contributed by atoms with Crippen LogP contribution in [0, 0.1) is 0 Å². The molecule has 0 amide bonds. The molecule has 212 valence electrons. The topological polar surface area (TPSA) is 54.5 Å². The van der Waals surface area contributed by atoms with Crippen molar-refractivity contribution in [3.63, 3.8) is 0 Å². The van der Waals surface area contributed by atoms with Crippen molar-refractivity contribution in [2.24, 2.45) is 0 Å². The van der Waals surface area contributed by atoms with E-state index in [0.29, 0.717) is 47.5 Å². The van der Waals surface area contributed by atoms with Gasteiger partial charge in [0.2, 0.25) is 0 Å². The molecule has 0 spiro atoms. The Bertz CT molecular complexity index is 2280. The van der Waals surface area contributed by atoms with Gasteiger partial charge in [-0.05, 0) is 80.6 Å². The van der Waals surface area contributed by atoms with Crippen molar-refractivity contribution in [1.82, 2.24) is 8.96 Å². The zero-order chi connectivity index (χ0) is 28.9. The second kappa shape index (κ2) is 9.83. The lowest BCUT2D eigenvalue weighted by atomic mass is 9.86. The van der Waals surface area contributed by atoms with Crippen LogP contribution in [0.15, 0.2) is 55.7 Å². The second-order valence-corrected chi connectivity index (χ2v) is 17.1. The highest BCUT2D eigenvalue weighted by atomic mass is 79.9. The van der Waals surface area contributed by atoms with Gasteiger partial charge in [-0.15, -0.1) is 45.3 Å². The molecule has 0 saturated carbocycles. The summed E-state index contributed by atoms with van der Waals surface area (Å²) in [7, 11) is 0. The summed E-state index contributed by atoms with van der Waals surface area (Å²) < 4.78 is 49.8. The van der Waals surface area contributed by atoms with Crippen LogP contribution in [0.25, 0.3) is 40.7 Å². The van der Waals surface area contributed by atoms with Gasteiger partial charge in [-0.3, -0.25) is 4.79 Å². The van der Waals surface area contributed by atoms with E-state index in [2.05, 4.69) is 31.9 Å². The lowest BCUT2D eigenvalue weighted by molar-refractivity contribution is -0.137. The summed E-state index contributed by atoms with van der Waals surface area (Å²) in [6.45, 7) is -3.80. The maximum atomic E-state index is 17.1. The van der Waals surface area contributed by atoms with E-state index in [9.17, 15) is 4.79 Å². The number of hydrogen-bond donors (Lipinski definition) is 1. The average molecular weight is 766 g/mol. The molecular formula is C28H17BBr2F2N2O3S4. The van der Waals surface area contributed by atoms with Gasteiger partial charge in [0.15, 0.2) is 11.1 Å². The first-order chi connectivity index (χ1) is 20.2. The van der Waals surface area contributed by atoms with Gasteiger partial charge in [-0.1, -0.05) is 12.1 Å². The molecule has 1 N–H and O–H groups in total. The van der Waals surface area contributed by atoms with E-state index in [1.807, 2.05) is 48.5 Å². The normalized spacial score (nSPS) is 15.5. The number of halogens is 4. The number of thiophene rings is 4. The van der Waals surface area contributed by atoms with Crippen molar-refractivity contribution in [3.8, 4) is 5.75 Å². The zero-order valence-corrected chi connectivity index (χ0v) is 27.8. The summed E-state index contributed by atoms with van der Waals surface area (Å²) in [6, 6.07) is 13.5. The first-order valence-corrected chi connectivity index (χ1v) is 17.9. The molecule has 0 aliphatic carbocycles. The van der Waals surface area contributed by atoms with E-state index in [4.69, 9.17) is 9.84 Å². The molecule has 5 nitrogen and oxygen atoms in total. The third-order valence-electron chi connectivity index (χ3n) is 7.54. The lowest BCUT2D eigenvalue weighted by Gasteiger charge is -2.31. The molecule has 0 bridgehead atoms. The molecule has 0 radical (unpaired) electrons. The Balaban J connectivity index is 1.32. The molecule has 2 aliphatic heterocycles. The highest BCUT2D eigenvalue weighted by Crippen LogP contribution is 2.48. The van der Waals surface area contributed by atoms with Crippen LogP contribution in [0.5, 0.6) is 5.75 Å². The van der Waals surface area contributed by atoms with Gasteiger partial charge in [0.25, 0.3) is 0 Å². The van der Waals surface area contributed by atoms with Crippen LogP contribution >= 0.6 is 77.2 Å². The van der Waals surface area contributed by atoms with Crippen LogP contribution in [0.2, 0.25) is 0 Å². The number of allylic oxidation sites excluding steroid dienone is 1. The van der Waals surface area contributed by atoms with E-state index in [1.165, 1.54) is 54.3 Å². The van der Waals surface area contributed by atoms with Crippen molar-refractivity contribution in [2.75, 3.05) is 6.61 Å². The maximum Gasteiger partial charge on any atom is 0.738 e. The smallest absolute Gasteiger partial charge is 0.494 e. The predicted octanol–water partition coefficient (Wildman–Crippen LogP) is 8.33. The molecule has 0 unspecified atom stereocenters. The molecule has 42 heavy (non-hydrogen) atoms. The summed E-state index contributed by atoms with van der Waals surface area (Å²) in [5.74, 6) is -0.159. The van der Waals surface area contributed by atoms with Crippen molar-refractivity contribution in [2.45, 2.75) is 19.3 Å². The molecule has 7 heterocycles. The van der Waals surface area contributed by atoms with Gasteiger partial charge in [-0.25, -0.2) is 0 Å². The SMILES string of the molecule is O=C(O)CCCCOc1ccc(C2=C3C=c4sc5cc(Br)sc5c4=[N+]3[B-](F)(F)n3c2cc2sc4cc(Br)sc4c23)cc1. The van der Waals surface area contributed by atoms with Gasteiger partial charge in [0.1, 0.15) is 15.0 Å². The zero-order valence-electron chi connectivity index (χ0n) is 21.3. The molecule has 6 aromatic rings. The van der Waals surface area contributed by atoms with Crippen molar-refractivity contribution >= 4 is 131 Å². The molecule has 2 aliphatic rings. The number of carbonyl (C=O) groups is 1. The summed E-state index contributed by atoms with van der Waals surface area (Å²) in [6.07, 6.45) is 3.22. The Morgan fingerprint density at radius 1 is 0.952 bits per heavy atom. The van der Waals surface area contributed by atoms with Gasteiger partial charge in [-0.2, -0.15) is 0 Å². The number of rotatable bonds is 7. The predicted molar refractivity (Wildman–Crippen MR) is 178 cm³/mol. The summed E-state index contributed by atoms with van der Waals surface area (Å²) in [5.41, 5.74) is 3.18. The quantitative estimate of drug-likeness (QED) is 0.131. The Hall–Kier alpha value is -2.36. The van der Waals surface area contributed by atoms with Crippen molar-refractivity contribution < 1.29 is 23.3 Å². The summed E-state index contributed by atoms with van der Waals surface area (Å²) >= 11 is 13.1. The lowest BCUT2D eigenvalue weighted by Crippen LogP contribution is -2.56. The standard InChI is InChI=1S/C28H17BBr2F2N2O3S4/c30-21-11-19-27(41-21)25-17(39-19)9-15-24(13-4-6-14(7-5-13)38-8-2-1-3-23(36)37)16-10-18-26(35(16)29(32,33)34(15)25)28-20(40-18)12-22(31)42-28/h4-7,9-12H,1-3,8H2,(H,36,37). The van der Waals surface area contributed by atoms with Gasteiger partial charge in [0, 0.05) is 28.4 Å². The van der Waals surface area contributed by atoms with E-state index in [1.54, 1.807) is 0 Å². The minimum atomic E-state index is -4.21. The number of aromatic nitrogens is 1. The number of hydrogen-bond acceptors (Lipinski definition) is 6. The van der Waals surface area contributed by atoms with Gasteiger partial charge >= 0.3 is 12.9 Å². The molecule has 0 saturated heterocycles. The monoisotopic (exact) mass is 764 g/mol. The molecular weight excluding hydrogens is 749 g/mol. The van der Waals surface area contributed by atoms with Crippen LogP contribution < -0.4 is 19.1 Å². The number of aliphatic carboxylic acids is 1. The largest absolute Gasteiger partial charge is 0.738 e. The second-order valence-electron chi connectivity index (χ2n) is 10.1. The Morgan fingerprint density at radius 2 is 1.67 bits per heavy atom. The Kier molecular flexibility index (Phi) is 6.37. The molecule has 14 heteroatoms. The van der Waals surface area contributed by atoms with Crippen LogP contribution in [0.3, 0.4) is 0 Å². The van der Waals surface area contributed by atoms with E-state index in [0.717, 1.165) is 46.7 Å². The van der Waals surface area contributed by atoms with Gasteiger partial charge < -0.3 is 27.4 Å². The number of ether oxygens (including phenoxy) is 1. The summed E-state index contributed by atoms with van der Waals surface area (Å²) in [5, 5.41) is 9.41. The van der Waals surface area contributed by atoms with Gasteiger partial charge in [0.05, 0.1) is 33.9 Å². The third-order valence-corrected chi connectivity index (χ3v) is 13.2. The van der Waals surface area contributed by atoms with Crippen LogP contribution in [0.4, 0.5) is 8.63 Å². The fourth-order valence-electron chi connectivity index (χ4n) is 5.87. The minimum absolute atomic E-state index is 0.115. The number of nitrogens with zero attached hydrogens (tertiary/aromatic N) is 2. The van der Waals surface area contributed by atoms with E-state index >= 15 is 8.63 Å². The Morgan fingerprint density at radius 3 is 2.40 bits per heavy atom. The van der Waals surface area contributed by atoms with Crippen LogP contribution in [0.1, 0.15) is 30.5 Å². The highest BCUT2D eigenvalue weighted by molar-refractivity contribution is 9.11. The number of benzene rings is 1. The maximum absolute atomic E-state index is 17.1. The molecule has 1 aromatic carbocycles. The molecule has 5 aromatic heterocycles. The molecule has 0 fully saturated rings. The minimum Gasteiger partial charge on any atom is -0.494 e. The number of carboxylic acids is 1. The number of carboxylic acid groups (broad SMARTS) is 1. The number of unbranched alkanes of at least 4 members (excludes halogenated alkanes) is 1. The third kappa shape index (κ3) is 4.06. The Labute approximate surface area is 269 Å². The van der Waals surface area contributed by atoms with Crippen molar-refractivity contribution in [3.05, 3.63) is 76.9 Å². The average Bonchev–Trinajstić information content (AvgIpc) is 3.74. The van der Waals surface area contributed by atoms with Crippen LogP contribution in [-0.2, 0) is 4.79 Å². The van der Waals surface area contributed by atoms with E-state index < -0.39 is 12.9 Å². The first kappa shape index (κ1) is 27.2. The highest BCUT2D eigenvalue weighted by Gasteiger charge is 2.54. The number of fused-ring (bicyclic) bond motifs is 9. The molecule has 0 atom stereocenters. The summed E-state index contributed by atoms with van der Waals surface area (Å²) in [4.78, 5) is 10.8. The fraction of sp³-hybridized carbons (Fsp3) is 0.143. The van der Waals surface area contributed by atoms with Crippen LogP contribution in [-0.4, -0.2) is 29.1 Å². The van der Waals surface area contributed by atoms with Crippen molar-refractivity contribution in [1.29, 1.82) is 0 Å². The first-order valence-electron chi connectivity index (χ1n) is 13.0. The van der Waals surface area contributed by atoms with E-state index in [-0.39, 0.29) is 6.42 Å². The fourth-order valence-corrected chi connectivity index (χ4v) is 12.2.